The molecule has 2 amide bonds. The lowest BCUT2D eigenvalue weighted by Crippen LogP contribution is -2.52. The van der Waals surface area contributed by atoms with Crippen molar-refractivity contribution >= 4 is 11.8 Å². The number of rotatable bonds is 3. The van der Waals surface area contributed by atoms with Crippen LogP contribution in [0.5, 0.6) is 0 Å². The Balaban J connectivity index is 1.34. The zero-order valence-corrected chi connectivity index (χ0v) is 14.1. The van der Waals surface area contributed by atoms with E-state index in [4.69, 9.17) is 0 Å². The Hall–Kier alpha value is -1.32. The van der Waals surface area contributed by atoms with Crippen molar-refractivity contribution in [1.82, 2.24) is 9.80 Å². The summed E-state index contributed by atoms with van der Waals surface area (Å²) in [4.78, 5) is 28.8. The quantitative estimate of drug-likeness (QED) is 0.751. The van der Waals surface area contributed by atoms with Crippen LogP contribution in [0, 0.1) is 16.7 Å². The predicted octanol–water partition coefficient (Wildman–Crippen LogP) is 2.59. The largest absolute Gasteiger partial charge is 0.342 e. The first kappa shape index (κ1) is 15.2. The van der Waals surface area contributed by atoms with Gasteiger partial charge in [0.25, 0.3) is 0 Å². The van der Waals surface area contributed by atoms with Gasteiger partial charge in [-0.3, -0.25) is 9.59 Å². The van der Waals surface area contributed by atoms with Crippen LogP contribution in [0.1, 0.15) is 51.4 Å². The highest BCUT2D eigenvalue weighted by Gasteiger charge is 2.61. The molecule has 4 aliphatic rings. The summed E-state index contributed by atoms with van der Waals surface area (Å²) in [7, 11) is 0. The van der Waals surface area contributed by atoms with Crippen molar-refractivity contribution in [1.29, 1.82) is 0 Å². The highest BCUT2D eigenvalue weighted by molar-refractivity contribution is 5.83. The van der Waals surface area contributed by atoms with E-state index >= 15 is 0 Å². The molecular weight excluding hydrogens is 288 g/mol. The number of likely N-dealkylation sites (tertiary alicyclic amines) is 2. The van der Waals surface area contributed by atoms with Crippen LogP contribution in [0.3, 0.4) is 0 Å². The molecule has 2 spiro atoms. The van der Waals surface area contributed by atoms with Gasteiger partial charge in [0.2, 0.25) is 11.8 Å². The molecule has 1 unspecified atom stereocenters. The van der Waals surface area contributed by atoms with Gasteiger partial charge in [0, 0.05) is 38.5 Å². The van der Waals surface area contributed by atoms with E-state index in [0.29, 0.717) is 30.2 Å². The molecule has 2 saturated heterocycles. The van der Waals surface area contributed by atoms with Crippen molar-refractivity contribution in [2.24, 2.45) is 16.7 Å². The number of amides is 2. The molecule has 126 valence electrons. The number of nitrogens with zero attached hydrogens (tertiary/aromatic N) is 2. The lowest BCUT2D eigenvalue weighted by molar-refractivity contribution is -0.143. The normalized spacial score (nSPS) is 31.1. The first-order chi connectivity index (χ1) is 11.1. The fraction of sp³-hybridized carbons (Fsp3) is 0.789. The molecular formula is C19H28N2O2. The minimum Gasteiger partial charge on any atom is -0.342 e. The highest BCUT2D eigenvalue weighted by atomic mass is 16.2. The Bertz CT molecular complexity index is 529. The fourth-order valence-electron chi connectivity index (χ4n) is 5.13. The van der Waals surface area contributed by atoms with Crippen molar-refractivity contribution in [3.05, 3.63) is 12.7 Å². The molecule has 0 aromatic rings. The van der Waals surface area contributed by atoms with Crippen molar-refractivity contribution in [2.45, 2.75) is 51.4 Å². The Morgan fingerprint density at radius 2 is 1.96 bits per heavy atom. The van der Waals surface area contributed by atoms with Crippen LogP contribution in [0.15, 0.2) is 12.7 Å². The van der Waals surface area contributed by atoms with Gasteiger partial charge in [-0.15, -0.1) is 6.58 Å². The molecule has 4 fully saturated rings. The van der Waals surface area contributed by atoms with Crippen molar-refractivity contribution in [3.63, 3.8) is 0 Å². The van der Waals surface area contributed by atoms with Gasteiger partial charge in [0.05, 0.1) is 0 Å². The van der Waals surface area contributed by atoms with E-state index in [-0.39, 0.29) is 11.3 Å². The van der Waals surface area contributed by atoms with Gasteiger partial charge >= 0.3 is 0 Å². The van der Waals surface area contributed by atoms with Crippen LogP contribution in [-0.4, -0.2) is 47.8 Å². The average Bonchev–Trinajstić information content (AvgIpc) is 3.28. The molecule has 4 heteroatoms. The van der Waals surface area contributed by atoms with Gasteiger partial charge < -0.3 is 9.80 Å². The first-order valence-electron chi connectivity index (χ1n) is 9.25. The molecule has 2 heterocycles. The maximum absolute atomic E-state index is 12.7. The predicted molar refractivity (Wildman–Crippen MR) is 88.6 cm³/mol. The van der Waals surface area contributed by atoms with E-state index < -0.39 is 0 Å². The molecule has 1 atom stereocenters. The second-order valence-electron chi connectivity index (χ2n) is 8.36. The monoisotopic (exact) mass is 316 g/mol. The number of carbonyl (C=O) groups is 2. The Morgan fingerprint density at radius 1 is 1.22 bits per heavy atom. The van der Waals surface area contributed by atoms with Gasteiger partial charge in [0.1, 0.15) is 0 Å². The summed E-state index contributed by atoms with van der Waals surface area (Å²) in [6, 6.07) is 0. The van der Waals surface area contributed by atoms with Crippen molar-refractivity contribution in [2.75, 3.05) is 26.2 Å². The third kappa shape index (κ3) is 2.50. The molecule has 0 aromatic carbocycles. The van der Waals surface area contributed by atoms with E-state index in [2.05, 4.69) is 11.5 Å². The summed E-state index contributed by atoms with van der Waals surface area (Å²) >= 11 is 0. The van der Waals surface area contributed by atoms with Crippen LogP contribution >= 0.6 is 0 Å². The van der Waals surface area contributed by atoms with Crippen LogP contribution < -0.4 is 0 Å². The van der Waals surface area contributed by atoms with Crippen LogP contribution in [0.4, 0.5) is 0 Å². The van der Waals surface area contributed by atoms with Gasteiger partial charge in [0.15, 0.2) is 0 Å². The molecule has 4 nitrogen and oxygen atoms in total. The molecule has 23 heavy (non-hydrogen) atoms. The average molecular weight is 316 g/mol. The molecule has 2 aliphatic heterocycles. The maximum atomic E-state index is 12.7. The lowest BCUT2D eigenvalue weighted by Gasteiger charge is -2.47. The molecule has 0 N–H and O–H groups in total. The Morgan fingerprint density at radius 3 is 2.52 bits per heavy atom. The molecule has 2 aliphatic carbocycles. The SMILES string of the molecule is C=CCN1CC2(CCC1=O)CCN(C(=O)C1CC13CCC3)CC2. The summed E-state index contributed by atoms with van der Waals surface area (Å²) in [6.07, 6.45) is 10.6. The Labute approximate surface area is 138 Å². The molecule has 0 bridgehead atoms. The Kier molecular flexibility index (Phi) is 3.54. The number of carbonyl (C=O) groups excluding carboxylic acids is 2. The van der Waals surface area contributed by atoms with Crippen molar-refractivity contribution in [3.8, 4) is 0 Å². The summed E-state index contributed by atoms with van der Waals surface area (Å²) in [5.41, 5.74) is 0.676. The van der Waals surface area contributed by atoms with E-state index in [9.17, 15) is 9.59 Å². The lowest BCUT2D eigenvalue weighted by atomic mass is 9.72. The molecule has 0 radical (unpaired) electrons. The molecule has 4 rings (SSSR count). The summed E-state index contributed by atoms with van der Waals surface area (Å²) in [6.45, 7) is 7.06. The zero-order chi connectivity index (χ0) is 16.1. The second-order valence-corrected chi connectivity index (χ2v) is 8.36. The van der Waals surface area contributed by atoms with Crippen molar-refractivity contribution < 1.29 is 9.59 Å². The smallest absolute Gasteiger partial charge is 0.226 e. The summed E-state index contributed by atoms with van der Waals surface area (Å²) in [5.74, 6) is 1.03. The van der Waals surface area contributed by atoms with E-state index in [0.717, 1.165) is 45.3 Å². The highest BCUT2D eigenvalue weighted by Crippen LogP contribution is 2.66. The molecule has 0 aromatic heterocycles. The first-order valence-corrected chi connectivity index (χ1v) is 9.25. The van der Waals surface area contributed by atoms with E-state index in [1.807, 2.05) is 11.0 Å². The van der Waals surface area contributed by atoms with Crippen LogP contribution in [-0.2, 0) is 9.59 Å². The molecule has 2 saturated carbocycles. The standard InChI is InChI=1S/C19H28N2O2/c1-2-10-21-14-18(7-4-16(21)22)8-11-20(12-9-18)17(23)15-13-19(15)5-3-6-19/h2,15H,1,3-14H2. The third-order valence-corrected chi connectivity index (χ3v) is 7.07. The van der Waals surface area contributed by atoms with E-state index in [1.165, 1.54) is 19.3 Å². The minimum atomic E-state index is 0.241. The van der Waals surface area contributed by atoms with Gasteiger partial charge in [-0.25, -0.2) is 0 Å². The zero-order valence-electron chi connectivity index (χ0n) is 14.1. The van der Waals surface area contributed by atoms with Crippen LogP contribution in [0.25, 0.3) is 0 Å². The number of hydrogen-bond acceptors (Lipinski definition) is 2. The second kappa shape index (κ2) is 5.35. The maximum Gasteiger partial charge on any atom is 0.226 e. The number of piperidine rings is 2. The van der Waals surface area contributed by atoms with Gasteiger partial charge in [-0.1, -0.05) is 12.5 Å². The van der Waals surface area contributed by atoms with Gasteiger partial charge in [-0.05, 0) is 49.4 Å². The summed E-state index contributed by atoms with van der Waals surface area (Å²) in [5, 5.41) is 0. The third-order valence-electron chi connectivity index (χ3n) is 7.07. The number of hydrogen-bond donors (Lipinski definition) is 0. The topological polar surface area (TPSA) is 40.6 Å². The fourth-order valence-corrected chi connectivity index (χ4v) is 5.13. The van der Waals surface area contributed by atoms with Gasteiger partial charge in [-0.2, -0.15) is 0 Å². The van der Waals surface area contributed by atoms with Crippen LogP contribution in [0.2, 0.25) is 0 Å². The van der Waals surface area contributed by atoms with E-state index in [1.54, 1.807) is 0 Å². The minimum absolute atomic E-state index is 0.241. The summed E-state index contributed by atoms with van der Waals surface area (Å²) < 4.78 is 0.